The molecule has 0 fully saturated rings. The molecule has 1 heterocycles. The predicted molar refractivity (Wildman–Crippen MR) is 49.2 cm³/mol. The molecule has 1 aromatic heterocycles. The number of carbonyl (C=O) groups is 1. The highest BCUT2D eigenvalue weighted by molar-refractivity contribution is 7.11. The van der Waals surface area contributed by atoms with E-state index in [0.29, 0.717) is 5.01 Å². The number of primary amides is 1. The lowest BCUT2D eigenvalue weighted by Crippen LogP contribution is -2.10. The third kappa shape index (κ3) is 2.30. The van der Waals surface area contributed by atoms with E-state index in [4.69, 9.17) is 5.73 Å². The number of aromatic nitrogens is 1. The van der Waals surface area contributed by atoms with Crippen LogP contribution in [0.4, 0.5) is 0 Å². The second kappa shape index (κ2) is 4.21. The maximum atomic E-state index is 10.7. The Morgan fingerprint density at radius 1 is 1.75 bits per heavy atom. The Morgan fingerprint density at radius 3 is 3.00 bits per heavy atom. The van der Waals surface area contributed by atoms with E-state index in [1.54, 1.807) is 0 Å². The summed E-state index contributed by atoms with van der Waals surface area (Å²) in [6.45, 7) is 2.13. The van der Waals surface area contributed by atoms with Crippen LogP contribution >= 0.6 is 11.3 Å². The third-order valence-corrected chi connectivity index (χ3v) is 2.45. The van der Waals surface area contributed by atoms with E-state index in [1.807, 2.05) is 5.38 Å². The number of rotatable bonds is 4. The first kappa shape index (κ1) is 9.19. The van der Waals surface area contributed by atoms with Crippen molar-refractivity contribution in [2.24, 2.45) is 5.73 Å². The molecule has 0 aliphatic heterocycles. The highest BCUT2D eigenvalue weighted by Gasteiger charge is 2.05. The molecular weight excluding hydrogens is 172 g/mol. The number of hydrogen-bond donors (Lipinski definition) is 1. The van der Waals surface area contributed by atoms with Gasteiger partial charge in [-0.3, -0.25) is 4.79 Å². The maximum absolute atomic E-state index is 10.7. The van der Waals surface area contributed by atoms with Gasteiger partial charge in [0.2, 0.25) is 0 Å². The fraction of sp³-hybridized carbons (Fsp3) is 0.500. The molecule has 0 unspecified atom stereocenters. The van der Waals surface area contributed by atoms with Gasteiger partial charge in [-0.05, 0) is 12.8 Å². The summed E-state index contributed by atoms with van der Waals surface area (Å²) in [4.78, 5) is 14.7. The lowest BCUT2D eigenvalue weighted by Gasteiger charge is -1.90. The van der Waals surface area contributed by atoms with Gasteiger partial charge in [-0.15, -0.1) is 11.3 Å². The van der Waals surface area contributed by atoms with Gasteiger partial charge in [0.15, 0.2) is 5.01 Å². The Balaban J connectivity index is 2.58. The Hall–Kier alpha value is -0.900. The van der Waals surface area contributed by atoms with Crippen molar-refractivity contribution in [1.29, 1.82) is 0 Å². The molecule has 0 aliphatic rings. The Labute approximate surface area is 75.6 Å². The van der Waals surface area contributed by atoms with Crippen molar-refractivity contribution >= 4 is 17.2 Å². The van der Waals surface area contributed by atoms with Crippen LogP contribution in [0.5, 0.6) is 0 Å². The minimum absolute atomic E-state index is 0.418. The molecule has 1 aromatic rings. The largest absolute Gasteiger partial charge is 0.364 e. The van der Waals surface area contributed by atoms with Crippen LogP contribution < -0.4 is 5.73 Å². The molecule has 66 valence electrons. The van der Waals surface area contributed by atoms with E-state index < -0.39 is 5.91 Å². The fourth-order valence-electron chi connectivity index (χ4n) is 0.893. The lowest BCUT2D eigenvalue weighted by atomic mass is 10.2. The van der Waals surface area contributed by atoms with Crippen molar-refractivity contribution in [3.63, 3.8) is 0 Å². The number of carbonyl (C=O) groups excluding carboxylic acids is 1. The third-order valence-electron chi connectivity index (χ3n) is 1.55. The lowest BCUT2D eigenvalue weighted by molar-refractivity contribution is 0.1000. The Morgan fingerprint density at radius 2 is 2.50 bits per heavy atom. The zero-order valence-corrected chi connectivity index (χ0v) is 7.86. The highest BCUT2D eigenvalue weighted by Crippen LogP contribution is 2.11. The summed E-state index contributed by atoms with van der Waals surface area (Å²) >= 11 is 1.32. The molecule has 0 bridgehead atoms. The minimum atomic E-state index is -0.428. The molecule has 4 heteroatoms. The van der Waals surface area contributed by atoms with E-state index in [-0.39, 0.29) is 0 Å². The molecule has 0 saturated heterocycles. The SMILES string of the molecule is CCCCc1csc(C(N)=O)n1. The van der Waals surface area contributed by atoms with Crippen molar-refractivity contribution in [3.05, 3.63) is 16.1 Å². The van der Waals surface area contributed by atoms with E-state index in [0.717, 1.165) is 25.0 Å². The van der Waals surface area contributed by atoms with Gasteiger partial charge in [0.1, 0.15) is 0 Å². The topological polar surface area (TPSA) is 56.0 Å². The summed E-state index contributed by atoms with van der Waals surface area (Å²) in [5.41, 5.74) is 6.05. The standard InChI is InChI=1S/C8H12N2OS/c1-2-3-4-6-5-12-8(10-6)7(9)11/h5H,2-4H2,1H3,(H2,9,11). The fourth-order valence-corrected chi connectivity index (χ4v) is 1.60. The van der Waals surface area contributed by atoms with Gasteiger partial charge in [-0.25, -0.2) is 4.98 Å². The molecule has 0 saturated carbocycles. The number of thiazole rings is 1. The van der Waals surface area contributed by atoms with E-state index in [9.17, 15) is 4.79 Å². The summed E-state index contributed by atoms with van der Waals surface area (Å²) < 4.78 is 0. The van der Waals surface area contributed by atoms with Crippen molar-refractivity contribution in [1.82, 2.24) is 4.98 Å². The molecular formula is C8H12N2OS. The van der Waals surface area contributed by atoms with Crippen LogP contribution in [-0.4, -0.2) is 10.9 Å². The number of hydrogen-bond acceptors (Lipinski definition) is 3. The van der Waals surface area contributed by atoms with Gasteiger partial charge in [-0.2, -0.15) is 0 Å². The average molecular weight is 184 g/mol. The molecule has 3 nitrogen and oxygen atoms in total. The summed E-state index contributed by atoms with van der Waals surface area (Å²) in [6, 6.07) is 0. The van der Waals surface area contributed by atoms with Crippen molar-refractivity contribution in [3.8, 4) is 0 Å². The summed E-state index contributed by atoms with van der Waals surface area (Å²) in [5, 5.41) is 2.32. The van der Waals surface area contributed by atoms with Gasteiger partial charge < -0.3 is 5.73 Å². The smallest absolute Gasteiger partial charge is 0.277 e. The highest BCUT2D eigenvalue weighted by atomic mass is 32.1. The molecule has 0 aromatic carbocycles. The van der Waals surface area contributed by atoms with Gasteiger partial charge in [0, 0.05) is 5.38 Å². The minimum Gasteiger partial charge on any atom is -0.364 e. The van der Waals surface area contributed by atoms with E-state index in [1.165, 1.54) is 11.3 Å². The van der Waals surface area contributed by atoms with Gasteiger partial charge in [0.25, 0.3) is 5.91 Å². The van der Waals surface area contributed by atoms with Crippen molar-refractivity contribution < 1.29 is 4.79 Å². The predicted octanol–water partition coefficient (Wildman–Crippen LogP) is 1.58. The average Bonchev–Trinajstić information content (AvgIpc) is 2.48. The molecule has 0 atom stereocenters. The molecule has 0 radical (unpaired) electrons. The first-order valence-electron chi connectivity index (χ1n) is 3.98. The van der Waals surface area contributed by atoms with Crippen molar-refractivity contribution in [2.45, 2.75) is 26.2 Å². The molecule has 1 amide bonds. The normalized spacial score (nSPS) is 10.1. The van der Waals surface area contributed by atoms with Crippen LogP contribution in [-0.2, 0) is 6.42 Å². The molecule has 0 spiro atoms. The van der Waals surface area contributed by atoms with Crippen LogP contribution in [0.25, 0.3) is 0 Å². The Kier molecular flexibility index (Phi) is 3.22. The summed E-state index contributed by atoms with van der Waals surface area (Å²) in [6.07, 6.45) is 3.20. The monoisotopic (exact) mass is 184 g/mol. The van der Waals surface area contributed by atoms with Crippen LogP contribution in [0.1, 0.15) is 35.3 Å². The van der Waals surface area contributed by atoms with Crippen molar-refractivity contribution in [2.75, 3.05) is 0 Å². The number of unbranched alkanes of at least 4 members (excludes halogenated alkanes) is 1. The van der Waals surface area contributed by atoms with E-state index in [2.05, 4.69) is 11.9 Å². The first-order chi connectivity index (χ1) is 5.74. The quantitative estimate of drug-likeness (QED) is 0.772. The first-order valence-corrected chi connectivity index (χ1v) is 4.86. The molecule has 2 N–H and O–H groups in total. The van der Waals surface area contributed by atoms with Gasteiger partial charge in [0.05, 0.1) is 5.69 Å². The molecule has 1 rings (SSSR count). The number of amides is 1. The zero-order chi connectivity index (χ0) is 8.97. The maximum Gasteiger partial charge on any atom is 0.277 e. The zero-order valence-electron chi connectivity index (χ0n) is 7.04. The molecule has 0 aliphatic carbocycles. The van der Waals surface area contributed by atoms with E-state index >= 15 is 0 Å². The number of aryl methyl sites for hydroxylation is 1. The molecule has 12 heavy (non-hydrogen) atoms. The number of nitrogens with two attached hydrogens (primary N) is 1. The number of nitrogens with zero attached hydrogens (tertiary/aromatic N) is 1. The van der Waals surface area contributed by atoms with Crippen LogP contribution in [0, 0.1) is 0 Å². The summed E-state index contributed by atoms with van der Waals surface area (Å²) in [5.74, 6) is -0.428. The summed E-state index contributed by atoms with van der Waals surface area (Å²) in [7, 11) is 0. The van der Waals surface area contributed by atoms with Gasteiger partial charge >= 0.3 is 0 Å². The van der Waals surface area contributed by atoms with Crippen LogP contribution in [0.3, 0.4) is 0 Å². The van der Waals surface area contributed by atoms with Crippen LogP contribution in [0.15, 0.2) is 5.38 Å². The van der Waals surface area contributed by atoms with Gasteiger partial charge in [-0.1, -0.05) is 13.3 Å². The second-order valence-corrected chi connectivity index (χ2v) is 3.47. The van der Waals surface area contributed by atoms with Crippen LogP contribution in [0.2, 0.25) is 0 Å². The Bertz CT molecular complexity index is 270. The second-order valence-electron chi connectivity index (χ2n) is 2.61.